The van der Waals surface area contributed by atoms with Crippen LogP contribution < -0.4 is 5.32 Å². The molecule has 27 heavy (non-hydrogen) atoms. The number of carbonyl (C=O) groups is 1. The van der Waals surface area contributed by atoms with Gasteiger partial charge in [-0.15, -0.1) is 0 Å². The molecular formula is C20H15FN4O2. The van der Waals surface area contributed by atoms with Crippen molar-refractivity contribution in [1.82, 2.24) is 14.7 Å². The number of nitrogens with zero attached hydrogens (tertiary/aromatic N) is 3. The molecule has 1 N–H and O–H groups in total. The van der Waals surface area contributed by atoms with E-state index in [1.807, 2.05) is 30.3 Å². The number of aromatic nitrogens is 3. The van der Waals surface area contributed by atoms with Crippen molar-refractivity contribution < 1.29 is 13.7 Å². The molecule has 0 unspecified atom stereocenters. The molecule has 4 rings (SSSR count). The van der Waals surface area contributed by atoms with Gasteiger partial charge in [0.2, 0.25) is 0 Å². The maximum atomic E-state index is 13.0. The fraction of sp³-hybridized carbons (Fsp3) is 0.0500. The Balaban J connectivity index is 1.50. The molecule has 0 atom stereocenters. The van der Waals surface area contributed by atoms with E-state index in [1.54, 1.807) is 22.9 Å². The third kappa shape index (κ3) is 3.77. The van der Waals surface area contributed by atoms with Gasteiger partial charge in [-0.3, -0.25) is 4.79 Å². The zero-order valence-electron chi connectivity index (χ0n) is 14.2. The second-order valence-corrected chi connectivity index (χ2v) is 5.86. The van der Waals surface area contributed by atoms with Crippen molar-refractivity contribution in [2.45, 2.75) is 6.54 Å². The Labute approximate surface area is 154 Å². The molecule has 0 aliphatic carbocycles. The zero-order valence-corrected chi connectivity index (χ0v) is 14.2. The number of anilines is 1. The van der Waals surface area contributed by atoms with Gasteiger partial charge in [-0.25, -0.2) is 4.39 Å². The summed E-state index contributed by atoms with van der Waals surface area (Å²) in [6, 6.07) is 18.5. The second-order valence-electron chi connectivity index (χ2n) is 5.86. The first-order chi connectivity index (χ1) is 13.2. The molecule has 1 amide bonds. The van der Waals surface area contributed by atoms with Gasteiger partial charge in [0.1, 0.15) is 11.5 Å². The maximum Gasteiger partial charge on any atom is 0.272 e. The van der Waals surface area contributed by atoms with Crippen molar-refractivity contribution in [2.75, 3.05) is 5.32 Å². The van der Waals surface area contributed by atoms with E-state index in [2.05, 4.69) is 15.5 Å². The summed E-state index contributed by atoms with van der Waals surface area (Å²) in [5.41, 5.74) is 1.78. The summed E-state index contributed by atoms with van der Waals surface area (Å²) in [4.78, 5) is 16.9. The third-order valence-corrected chi connectivity index (χ3v) is 3.96. The molecule has 2 heterocycles. The van der Waals surface area contributed by atoms with Crippen molar-refractivity contribution in [3.8, 4) is 11.5 Å². The van der Waals surface area contributed by atoms with Crippen LogP contribution in [0.5, 0.6) is 0 Å². The monoisotopic (exact) mass is 362 g/mol. The highest BCUT2D eigenvalue weighted by molar-refractivity contribution is 6.03. The molecule has 2 aromatic heterocycles. The van der Waals surface area contributed by atoms with Gasteiger partial charge in [0.25, 0.3) is 11.8 Å². The molecule has 0 saturated carbocycles. The van der Waals surface area contributed by atoms with Crippen LogP contribution in [0.25, 0.3) is 11.5 Å². The van der Waals surface area contributed by atoms with Crippen LogP contribution in [-0.4, -0.2) is 20.6 Å². The normalized spacial score (nSPS) is 10.7. The van der Waals surface area contributed by atoms with Gasteiger partial charge < -0.3 is 14.4 Å². The first kappa shape index (κ1) is 16.7. The molecule has 134 valence electrons. The van der Waals surface area contributed by atoms with Crippen LogP contribution in [0.4, 0.5) is 10.1 Å². The number of amides is 1. The highest BCUT2D eigenvalue weighted by Crippen LogP contribution is 2.17. The van der Waals surface area contributed by atoms with Crippen LogP contribution in [0, 0.1) is 5.82 Å². The molecule has 7 heteroatoms. The van der Waals surface area contributed by atoms with Gasteiger partial charge in [0.05, 0.1) is 6.54 Å². The first-order valence-electron chi connectivity index (χ1n) is 8.29. The van der Waals surface area contributed by atoms with Gasteiger partial charge in [-0.2, -0.15) is 4.98 Å². The summed E-state index contributed by atoms with van der Waals surface area (Å²) < 4.78 is 20.0. The van der Waals surface area contributed by atoms with Crippen LogP contribution in [-0.2, 0) is 6.54 Å². The third-order valence-electron chi connectivity index (χ3n) is 3.96. The minimum absolute atomic E-state index is 0.287. The Morgan fingerprint density at radius 2 is 1.81 bits per heavy atom. The minimum Gasteiger partial charge on any atom is -0.336 e. The van der Waals surface area contributed by atoms with E-state index in [1.165, 1.54) is 24.3 Å². The molecule has 4 aromatic rings. The molecule has 0 radical (unpaired) electrons. The van der Waals surface area contributed by atoms with Gasteiger partial charge in [0.15, 0.2) is 5.82 Å². The molecule has 6 nitrogen and oxygen atoms in total. The number of rotatable bonds is 5. The molecule has 0 aliphatic rings. The van der Waals surface area contributed by atoms with E-state index in [-0.39, 0.29) is 18.3 Å². The fourth-order valence-corrected chi connectivity index (χ4v) is 2.65. The SMILES string of the molecule is O=C(Nc1ccc(F)cc1)c1cccn1Cc1noc(-c2ccccc2)n1. The van der Waals surface area contributed by atoms with Crippen molar-refractivity contribution in [3.05, 3.63) is 90.3 Å². The lowest BCUT2D eigenvalue weighted by molar-refractivity contribution is 0.101. The second kappa shape index (κ2) is 7.25. The number of carbonyl (C=O) groups excluding carboxylic acids is 1. The molecule has 0 spiro atoms. The lowest BCUT2D eigenvalue weighted by atomic mass is 10.2. The molecule has 0 aliphatic heterocycles. The minimum atomic E-state index is -0.359. The van der Waals surface area contributed by atoms with Crippen LogP contribution in [0.15, 0.2) is 77.4 Å². The Morgan fingerprint density at radius 1 is 1.04 bits per heavy atom. The van der Waals surface area contributed by atoms with Crippen molar-refractivity contribution in [2.24, 2.45) is 0 Å². The quantitative estimate of drug-likeness (QED) is 0.583. The molecule has 2 aromatic carbocycles. The Kier molecular flexibility index (Phi) is 4.49. The average Bonchev–Trinajstić information content (AvgIpc) is 3.34. The van der Waals surface area contributed by atoms with Crippen LogP contribution in [0.2, 0.25) is 0 Å². The Morgan fingerprint density at radius 3 is 2.59 bits per heavy atom. The largest absolute Gasteiger partial charge is 0.336 e. The van der Waals surface area contributed by atoms with E-state index in [4.69, 9.17) is 4.52 Å². The number of benzene rings is 2. The summed E-state index contributed by atoms with van der Waals surface area (Å²) in [6.07, 6.45) is 1.76. The van der Waals surface area contributed by atoms with E-state index in [0.29, 0.717) is 23.1 Å². The molecule has 0 bridgehead atoms. The Hall–Kier alpha value is -3.74. The predicted molar refractivity (Wildman–Crippen MR) is 97.6 cm³/mol. The lowest BCUT2D eigenvalue weighted by Gasteiger charge is -2.08. The highest BCUT2D eigenvalue weighted by atomic mass is 19.1. The van der Waals surface area contributed by atoms with E-state index in [0.717, 1.165) is 5.56 Å². The molecule has 0 saturated heterocycles. The predicted octanol–water partition coefficient (Wildman–Crippen LogP) is 3.98. The van der Waals surface area contributed by atoms with Crippen molar-refractivity contribution in [3.63, 3.8) is 0 Å². The van der Waals surface area contributed by atoms with Crippen molar-refractivity contribution in [1.29, 1.82) is 0 Å². The van der Waals surface area contributed by atoms with Gasteiger partial charge in [0, 0.05) is 17.4 Å². The summed E-state index contributed by atoms with van der Waals surface area (Å²) in [5, 5.41) is 6.72. The molecule has 0 fully saturated rings. The average molecular weight is 362 g/mol. The van der Waals surface area contributed by atoms with E-state index >= 15 is 0 Å². The summed E-state index contributed by atoms with van der Waals surface area (Å²) in [6.45, 7) is 0.287. The standard InChI is InChI=1S/C20H15FN4O2/c21-15-8-10-16(11-9-15)22-19(26)17-7-4-12-25(17)13-18-23-20(27-24-18)14-5-2-1-3-6-14/h1-12H,13H2,(H,22,26). The summed E-state index contributed by atoms with van der Waals surface area (Å²) in [5.74, 6) is 0.219. The van der Waals surface area contributed by atoms with Crippen molar-refractivity contribution >= 4 is 11.6 Å². The number of hydrogen-bond donors (Lipinski definition) is 1. The zero-order chi connectivity index (χ0) is 18.6. The molecular weight excluding hydrogens is 347 g/mol. The van der Waals surface area contributed by atoms with Crippen LogP contribution in [0.1, 0.15) is 16.3 Å². The number of nitrogens with one attached hydrogen (secondary N) is 1. The van der Waals surface area contributed by atoms with E-state index in [9.17, 15) is 9.18 Å². The maximum absolute atomic E-state index is 13.0. The summed E-state index contributed by atoms with van der Waals surface area (Å²) in [7, 11) is 0. The van der Waals surface area contributed by atoms with Crippen LogP contribution in [0.3, 0.4) is 0 Å². The number of hydrogen-bond acceptors (Lipinski definition) is 4. The number of halogens is 1. The smallest absolute Gasteiger partial charge is 0.272 e. The first-order valence-corrected chi connectivity index (χ1v) is 8.29. The van der Waals surface area contributed by atoms with Gasteiger partial charge in [-0.05, 0) is 48.5 Å². The highest BCUT2D eigenvalue weighted by Gasteiger charge is 2.14. The fourth-order valence-electron chi connectivity index (χ4n) is 2.65. The van der Waals surface area contributed by atoms with Crippen LogP contribution >= 0.6 is 0 Å². The Bertz CT molecular complexity index is 1060. The topological polar surface area (TPSA) is 73.0 Å². The summed E-state index contributed by atoms with van der Waals surface area (Å²) >= 11 is 0. The van der Waals surface area contributed by atoms with Gasteiger partial charge in [-0.1, -0.05) is 23.4 Å². The van der Waals surface area contributed by atoms with Gasteiger partial charge >= 0.3 is 0 Å². The van der Waals surface area contributed by atoms with E-state index < -0.39 is 0 Å². The lowest BCUT2D eigenvalue weighted by Crippen LogP contribution is -2.17.